The van der Waals surface area contributed by atoms with Gasteiger partial charge in [0.15, 0.2) is 0 Å². The van der Waals surface area contributed by atoms with E-state index in [1.54, 1.807) is 18.2 Å². The van der Waals surface area contributed by atoms with Crippen molar-refractivity contribution in [3.8, 4) is 11.5 Å². The third-order valence-corrected chi connectivity index (χ3v) is 9.78. The number of ether oxygens (including phenoxy) is 2. The smallest absolute Gasteiger partial charge is 0.238 e. The van der Waals surface area contributed by atoms with Crippen LogP contribution in [-0.4, -0.2) is 78.1 Å². The molecule has 3 heterocycles. The Kier molecular flexibility index (Phi) is 9.53. The Morgan fingerprint density at radius 2 is 1.89 bits per heavy atom. The van der Waals surface area contributed by atoms with Crippen molar-refractivity contribution in [3.05, 3.63) is 47.3 Å². The van der Waals surface area contributed by atoms with Crippen LogP contribution in [0.2, 0.25) is 0 Å². The van der Waals surface area contributed by atoms with Gasteiger partial charge in [0.2, 0.25) is 12.1 Å². The summed E-state index contributed by atoms with van der Waals surface area (Å²) in [4.78, 5) is 5.98. The van der Waals surface area contributed by atoms with Crippen LogP contribution in [-0.2, 0) is 16.2 Å². The standard InChI is InChI=1S/C32H44N4O8/c37-12-4-1-7-20-15-24-26(34-44-29-9-3-6-14-42-29)17-28(36-21(19-39)18-33-35-36)32(41)31(24)30(23(20)8-2-5-13-38)25-16-22(40)10-11-27(25)43-32/h10-11,15-16,18,20,23,28-31,37-41H,1-9,12-14,17,19H2/t20-,23+,28-,29?,30+,31+,32+/m0/s1. The lowest BCUT2D eigenvalue weighted by Gasteiger charge is -2.56. The lowest BCUT2D eigenvalue weighted by Crippen LogP contribution is -2.62. The van der Waals surface area contributed by atoms with Gasteiger partial charge >= 0.3 is 0 Å². The van der Waals surface area contributed by atoms with E-state index < -0.39 is 24.0 Å². The number of aromatic hydroxyl groups is 1. The van der Waals surface area contributed by atoms with Crippen LogP contribution in [0.1, 0.15) is 87.4 Å². The zero-order valence-electron chi connectivity index (χ0n) is 25.0. The molecule has 2 aromatic rings. The lowest BCUT2D eigenvalue weighted by molar-refractivity contribution is -0.226. The largest absolute Gasteiger partial charge is 0.508 e. The Labute approximate surface area is 256 Å². The summed E-state index contributed by atoms with van der Waals surface area (Å²) in [5, 5.41) is 65.7. The zero-order chi connectivity index (χ0) is 30.7. The molecule has 5 N–H and O–H groups in total. The number of phenols is 1. The van der Waals surface area contributed by atoms with Gasteiger partial charge in [0, 0.05) is 37.5 Å². The number of allylic oxidation sites excluding steroid dienone is 1. The van der Waals surface area contributed by atoms with Crippen LogP contribution in [0.5, 0.6) is 11.5 Å². The zero-order valence-corrected chi connectivity index (χ0v) is 25.0. The van der Waals surface area contributed by atoms with E-state index in [4.69, 9.17) is 14.3 Å². The van der Waals surface area contributed by atoms with Gasteiger partial charge in [-0.05, 0) is 74.1 Å². The van der Waals surface area contributed by atoms with E-state index >= 15 is 0 Å². The van der Waals surface area contributed by atoms with E-state index in [1.165, 1.54) is 10.9 Å². The molecule has 1 aromatic heterocycles. The highest BCUT2D eigenvalue weighted by Gasteiger charge is 2.63. The van der Waals surface area contributed by atoms with E-state index in [2.05, 4.69) is 21.5 Å². The van der Waals surface area contributed by atoms with Gasteiger partial charge in [-0.15, -0.1) is 5.10 Å². The van der Waals surface area contributed by atoms with Crippen LogP contribution in [0.15, 0.2) is 41.2 Å². The molecule has 240 valence electrons. The van der Waals surface area contributed by atoms with Crippen molar-refractivity contribution in [1.29, 1.82) is 0 Å². The van der Waals surface area contributed by atoms with Crippen LogP contribution >= 0.6 is 0 Å². The first-order chi connectivity index (χ1) is 21.5. The number of hydrogen-bond donors (Lipinski definition) is 5. The normalized spacial score (nSPS) is 32.0. The summed E-state index contributed by atoms with van der Waals surface area (Å²) in [6.45, 7) is 0.498. The van der Waals surface area contributed by atoms with Crippen molar-refractivity contribution in [1.82, 2.24) is 15.0 Å². The highest BCUT2D eigenvalue weighted by Crippen LogP contribution is 2.62. The number of phenolic OH excluding ortho intramolecular Hbond substituents is 1. The van der Waals surface area contributed by atoms with Crippen molar-refractivity contribution in [2.75, 3.05) is 19.8 Å². The first-order valence-corrected chi connectivity index (χ1v) is 16.0. The molecule has 1 saturated carbocycles. The Morgan fingerprint density at radius 3 is 2.64 bits per heavy atom. The maximum absolute atomic E-state index is 12.8. The Balaban J connectivity index is 1.51. The van der Waals surface area contributed by atoms with E-state index in [-0.39, 0.29) is 49.7 Å². The molecule has 12 heteroatoms. The summed E-state index contributed by atoms with van der Waals surface area (Å²) >= 11 is 0. The SMILES string of the molecule is OCCCC[C@H]1[C@@H]2c3cc(O)ccc3O[C@@]3(O)[C@@H]2C(=C[C@@H]1CCCCO)C(=NOC1CCCCO1)C[C@@H]3n1nncc1CO. The van der Waals surface area contributed by atoms with Crippen LogP contribution in [0.4, 0.5) is 0 Å². The molecule has 1 unspecified atom stereocenters. The number of aromatic nitrogens is 3. The van der Waals surface area contributed by atoms with Gasteiger partial charge in [0.1, 0.15) is 17.5 Å². The number of fused-ring (bicyclic) bond motifs is 2. The number of aliphatic hydroxyl groups excluding tert-OH is 3. The average molecular weight is 613 g/mol. The third-order valence-electron chi connectivity index (χ3n) is 9.78. The average Bonchev–Trinajstić information content (AvgIpc) is 3.51. The highest BCUT2D eigenvalue weighted by atomic mass is 16.8. The summed E-state index contributed by atoms with van der Waals surface area (Å²) in [5.74, 6) is -1.94. The quantitative estimate of drug-likeness (QED) is 0.177. The molecular formula is C32H44N4O8. The minimum Gasteiger partial charge on any atom is -0.508 e. The second-order valence-electron chi connectivity index (χ2n) is 12.5. The first-order valence-electron chi connectivity index (χ1n) is 16.0. The van der Waals surface area contributed by atoms with Crippen molar-refractivity contribution in [2.24, 2.45) is 22.9 Å². The van der Waals surface area contributed by atoms with Gasteiger partial charge in [-0.3, -0.25) is 0 Å². The van der Waals surface area contributed by atoms with E-state index in [0.717, 1.165) is 56.1 Å². The molecule has 12 nitrogen and oxygen atoms in total. The number of oxime groups is 1. The topological polar surface area (TPSA) is 172 Å². The van der Waals surface area contributed by atoms with Gasteiger partial charge in [-0.1, -0.05) is 29.3 Å². The van der Waals surface area contributed by atoms with Crippen LogP contribution in [0, 0.1) is 17.8 Å². The molecule has 0 bridgehead atoms. The van der Waals surface area contributed by atoms with Gasteiger partial charge in [0.05, 0.1) is 36.7 Å². The molecule has 44 heavy (non-hydrogen) atoms. The summed E-state index contributed by atoms with van der Waals surface area (Å²) in [6.07, 6.45) is 10.7. The third kappa shape index (κ3) is 5.85. The van der Waals surface area contributed by atoms with Gasteiger partial charge in [-0.25, -0.2) is 4.68 Å². The van der Waals surface area contributed by atoms with Crippen molar-refractivity contribution >= 4 is 5.71 Å². The lowest BCUT2D eigenvalue weighted by atomic mass is 9.55. The van der Waals surface area contributed by atoms with Crippen LogP contribution in [0.3, 0.4) is 0 Å². The second-order valence-corrected chi connectivity index (χ2v) is 12.5. The summed E-state index contributed by atoms with van der Waals surface area (Å²) in [6, 6.07) is 4.19. The molecule has 2 fully saturated rings. The summed E-state index contributed by atoms with van der Waals surface area (Å²) < 4.78 is 13.9. The van der Waals surface area contributed by atoms with Crippen molar-refractivity contribution in [2.45, 2.75) is 94.9 Å². The van der Waals surface area contributed by atoms with E-state index in [1.807, 2.05) is 0 Å². The van der Waals surface area contributed by atoms with Crippen LogP contribution in [0.25, 0.3) is 0 Å². The highest BCUT2D eigenvalue weighted by molar-refractivity contribution is 6.02. The number of nitrogens with zero attached hydrogens (tertiary/aromatic N) is 4. The minimum atomic E-state index is -1.79. The first kappa shape index (κ1) is 31.0. The Morgan fingerprint density at radius 1 is 1.07 bits per heavy atom. The molecule has 1 saturated heterocycles. The molecule has 0 radical (unpaired) electrons. The van der Waals surface area contributed by atoms with Gasteiger partial charge in [0.25, 0.3) is 0 Å². The number of benzene rings is 1. The minimum absolute atomic E-state index is 0.0422. The molecule has 0 spiro atoms. The molecule has 1 aromatic carbocycles. The van der Waals surface area contributed by atoms with E-state index in [9.17, 15) is 25.5 Å². The van der Waals surface area contributed by atoms with E-state index in [0.29, 0.717) is 36.6 Å². The Hall–Kier alpha value is -3.03. The van der Waals surface area contributed by atoms with Gasteiger partial charge in [-0.2, -0.15) is 0 Å². The second kappa shape index (κ2) is 13.5. The number of hydrogen-bond acceptors (Lipinski definition) is 11. The maximum Gasteiger partial charge on any atom is 0.238 e. The number of rotatable bonds is 12. The molecular weight excluding hydrogens is 568 g/mol. The molecule has 6 rings (SSSR count). The van der Waals surface area contributed by atoms with Crippen LogP contribution < -0.4 is 4.74 Å². The molecule has 2 aliphatic heterocycles. The fourth-order valence-electron chi connectivity index (χ4n) is 7.77. The molecule has 2 aliphatic carbocycles. The van der Waals surface area contributed by atoms with Crippen molar-refractivity contribution < 1.29 is 39.8 Å². The fourth-order valence-corrected chi connectivity index (χ4v) is 7.77. The number of unbranched alkanes of at least 4 members (excludes halogenated alkanes) is 2. The maximum atomic E-state index is 12.8. The summed E-state index contributed by atoms with van der Waals surface area (Å²) in [5.41, 5.74) is 2.72. The predicted octanol–water partition coefficient (Wildman–Crippen LogP) is 3.30. The monoisotopic (exact) mass is 612 g/mol. The molecule has 0 amide bonds. The Bertz CT molecular complexity index is 1340. The number of aliphatic hydroxyl groups is 4. The summed E-state index contributed by atoms with van der Waals surface area (Å²) in [7, 11) is 0. The van der Waals surface area contributed by atoms with Crippen molar-refractivity contribution in [3.63, 3.8) is 0 Å². The predicted molar refractivity (Wildman–Crippen MR) is 159 cm³/mol. The molecule has 7 atom stereocenters. The van der Waals surface area contributed by atoms with Gasteiger partial charge < -0.3 is 39.8 Å². The molecule has 4 aliphatic rings. The fraction of sp³-hybridized carbons (Fsp3) is 0.656.